The van der Waals surface area contributed by atoms with E-state index in [1.165, 1.54) is 11.1 Å². The van der Waals surface area contributed by atoms with Gasteiger partial charge in [0.25, 0.3) is 0 Å². The molecule has 0 aromatic heterocycles. The Morgan fingerprint density at radius 1 is 1.29 bits per heavy atom. The molecule has 0 amide bonds. The number of nitrogens with two attached hydrogens (primary N) is 1. The van der Waals surface area contributed by atoms with Crippen molar-refractivity contribution in [3.8, 4) is 0 Å². The highest BCUT2D eigenvalue weighted by Gasteiger charge is 2.17. The van der Waals surface area contributed by atoms with Crippen molar-refractivity contribution in [1.82, 2.24) is 0 Å². The third kappa shape index (κ3) is 4.88. The van der Waals surface area contributed by atoms with E-state index in [1.54, 1.807) is 0 Å². The Hall–Kier alpha value is -0.860. The topological polar surface area (TPSA) is 35.2 Å². The van der Waals surface area contributed by atoms with Crippen LogP contribution in [0.2, 0.25) is 0 Å². The molecule has 2 atom stereocenters. The lowest BCUT2D eigenvalue weighted by Crippen LogP contribution is -2.38. The minimum Gasteiger partial charge on any atom is -0.377 e. The predicted molar refractivity (Wildman–Crippen MR) is 73.2 cm³/mol. The van der Waals surface area contributed by atoms with E-state index < -0.39 is 0 Å². The van der Waals surface area contributed by atoms with Crippen molar-refractivity contribution in [3.05, 3.63) is 35.4 Å². The van der Waals surface area contributed by atoms with Gasteiger partial charge in [-0.05, 0) is 32.3 Å². The SMILES string of the molecule is CCCC(OCC)C(N)Cc1cccc(C)c1. The van der Waals surface area contributed by atoms with Crippen molar-refractivity contribution in [3.63, 3.8) is 0 Å². The molecule has 0 fully saturated rings. The summed E-state index contributed by atoms with van der Waals surface area (Å²) in [5, 5.41) is 0. The second-order valence-corrected chi connectivity index (χ2v) is 4.64. The normalized spacial score (nSPS) is 14.6. The summed E-state index contributed by atoms with van der Waals surface area (Å²) in [6, 6.07) is 8.64. The molecule has 2 nitrogen and oxygen atoms in total. The van der Waals surface area contributed by atoms with Crippen LogP contribution in [0.3, 0.4) is 0 Å². The van der Waals surface area contributed by atoms with Gasteiger partial charge in [-0.25, -0.2) is 0 Å². The van der Waals surface area contributed by atoms with Crippen LogP contribution in [0.15, 0.2) is 24.3 Å². The molecular formula is C15H25NO. The third-order valence-corrected chi connectivity index (χ3v) is 2.99. The maximum Gasteiger partial charge on any atom is 0.0728 e. The van der Waals surface area contributed by atoms with Gasteiger partial charge in [-0.15, -0.1) is 0 Å². The Bertz CT molecular complexity index is 318. The van der Waals surface area contributed by atoms with Gasteiger partial charge in [0.2, 0.25) is 0 Å². The zero-order valence-electron chi connectivity index (χ0n) is 11.3. The standard InChI is InChI=1S/C15H25NO/c1-4-7-15(17-5-2)14(16)11-13-9-6-8-12(3)10-13/h6,8-10,14-15H,4-5,7,11,16H2,1-3H3. The molecule has 0 radical (unpaired) electrons. The fraction of sp³-hybridized carbons (Fsp3) is 0.600. The molecule has 96 valence electrons. The van der Waals surface area contributed by atoms with Crippen molar-refractivity contribution in [2.75, 3.05) is 6.61 Å². The highest BCUT2D eigenvalue weighted by Crippen LogP contribution is 2.12. The minimum atomic E-state index is 0.0942. The number of rotatable bonds is 7. The van der Waals surface area contributed by atoms with Crippen LogP contribution in [0.25, 0.3) is 0 Å². The highest BCUT2D eigenvalue weighted by molar-refractivity contribution is 5.23. The summed E-state index contributed by atoms with van der Waals surface area (Å²) in [5.41, 5.74) is 8.84. The zero-order chi connectivity index (χ0) is 12.7. The summed E-state index contributed by atoms with van der Waals surface area (Å²) in [4.78, 5) is 0. The first-order chi connectivity index (χ1) is 8.17. The number of ether oxygens (including phenoxy) is 1. The summed E-state index contributed by atoms with van der Waals surface area (Å²) in [5.74, 6) is 0. The minimum absolute atomic E-state index is 0.0942. The van der Waals surface area contributed by atoms with Crippen LogP contribution < -0.4 is 5.73 Å². The molecule has 1 aromatic carbocycles. The molecule has 0 aliphatic rings. The number of hydrogen-bond acceptors (Lipinski definition) is 2. The second-order valence-electron chi connectivity index (χ2n) is 4.64. The summed E-state index contributed by atoms with van der Waals surface area (Å²) in [7, 11) is 0. The third-order valence-electron chi connectivity index (χ3n) is 2.99. The van der Waals surface area contributed by atoms with Crippen LogP contribution in [-0.2, 0) is 11.2 Å². The molecule has 17 heavy (non-hydrogen) atoms. The monoisotopic (exact) mass is 235 g/mol. The van der Waals surface area contributed by atoms with Crippen LogP contribution in [-0.4, -0.2) is 18.8 Å². The molecule has 1 rings (SSSR count). The van der Waals surface area contributed by atoms with Gasteiger partial charge < -0.3 is 10.5 Å². The van der Waals surface area contributed by atoms with Crippen molar-refractivity contribution in [2.45, 2.75) is 52.2 Å². The lowest BCUT2D eigenvalue weighted by molar-refractivity contribution is 0.0378. The maximum atomic E-state index is 6.25. The molecule has 0 saturated heterocycles. The number of aryl methyl sites for hydroxylation is 1. The summed E-state index contributed by atoms with van der Waals surface area (Å²) >= 11 is 0. The summed E-state index contributed by atoms with van der Waals surface area (Å²) in [6.07, 6.45) is 3.24. The number of benzene rings is 1. The van der Waals surface area contributed by atoms with Crippen molar-refractivity contribution < 1.29 is 4.74 Å². The van der Waals surface area contributed by atoms with Gasteiger partial charge in [-0.2, -0.15) is 0 Å². The average molecular weight is 235 g/mol. The Balaban J connectivity index is 2.59. The predicted octanol–water partition coefficient (Wildman–Crippen LogP) is 3.07. The fourth-order valence-corrected chi connectivity index (χ4v) is 2.16. The van der Waals surface area contributed by atoms with E-state index >= 15 is 0 Å². The zero-order valence-corrected chi connectivity index (χ0v) is 11.3. The van der Waals surface area contributed by atoms with E-state index in [2.05, 4.69) is 38.1 Å². The van der Waals surface area contributed by atoms with Gasteiger partial charge in [0.05, 0.1) is 6.10 Å². The first-order valence-electron chi connectivity index (χ1n) is 6.60. The molecule has 0 aliphatic carbocycles. The smallest absolute Gasteiger partial charge is 0.0728 e. The highest BCUT2D eigenvalue weighted by atomic mass is 16.5. The molecule has 2 unspecified atom stereocenters. The molecule has 0 saturated carbocycles. The molecule has 0 spiro atoms. The van der Waals surface area contributed by atoms with Crippen LogP contribution in [0.4, 0.5) is 0 Å². The lowest BCUT2D eigenvalue weighted by Gasteiger charge is -2.23. The fourth-order valence-electron chi connectivity index (χ4n) is 2.16. The Kier molecular flexibility index (Phi) is 6.23. The van der Waals surface area contributed by atoms with E-state index in [1.807, 2.05) is 6.92 Å². The molecule has 1 aromatic rings. The molecule has 0 bridgehead atoms. The quantitative estimate of drug-likeness (QED) is 0.788. The largest absolute Gasteiger partial charge is 0.377 e. The Labute approximate surface area is 105 Å². The molecular weight excluding hydrogens is 210 g/mol. The van der Waals surface area contributed by atoms with Crippen molar-refractivity contribution in [2.24, 2.45) is 5.73 Å². The van der Waals surface area contributed by atoms with Gasteiger partial charge >= 0.3 is 0 Å². The van der Waals surface area contributed by atoms with Gasteiger partial charge in [0, 0.05) is 12.6 Å². The van der Waals surface area contributed by atoms with Crippen LogP contribution >= 0.6 is 0 Å². The van der Waals surface area contributed by atoms with Crippen molar-refractivity contribution >= 4 is 0 Å². The summed E-state index contributed by atoms with van der Waals surface area (Å²) < 4.78 is 5.72. The van der Waals surface area contributed by atoms with Crippen molar-refractivity contribution in [1.29, 1.82) is 0 Å². The van der Waals surface area contributed by atoms with E-state index in [9.17, 15) is 0 Å². The summed E-state index contributed by atoms with van der Waals surface area (Å²) in [6.45, 7) is 7.06. The van der Waals surface area contributed by atoms with E-state index in [0.717, 1.165) is 25.9 Å². The van der Waals surface area contributed by atoms with Gasteiger partial charge in [-0.1, -0.05) is 43.2 Å². The van der Waals surface area contributed by atoms with Crippen LogP contribution in [0.1, 0.15) is 37.8 Å². The first kappa shape index (κ1) is 14.2. The average Bonchev–Trinajstić information content (AvgIpc) is 2.28. The van der Waals surface area contributed by atoms with E-state index in [-0.39, 0.29) is 12.1 Å². The Morgan fingerprint density at radius 2 is 2.06 bits per heavy atom. The van der Waals surface area contributed by atoms with Crippen LogP contribution in [0.5, 0.6) is 0 Å². The molecule has 2 N–H and O–H groups in total. The van der Waals surface area contributed by atoms with Gasteiger partial charge in [0.1, 0.15) is 0 Å². The van der Waals surface area contributed by atoms with Crippen LogP contribution in [0, 0.1) is 6.92 Å². The van der Waals surface area contributed by atoms with Gasteiger partial charge in [0.15, 0.2) is 0 Å². The van der Waals surface area contributed by atoms with E-state index in [4.69, 9.17) is 10.5 Å². The molecule has 2 heteroatoms. The lowest BCUT2D eigenvalue weighted by atomic mass is 9.98. The second kappa shape index (κ2) is 7.46. The molecule has 0 aliphatic heterocycles. The maximum absolute atomic E-state index is 6.25. The number of hydrogen-bond donors (Lipinski definition) is 1. The molecule has 0 heterocycles. The Morgan fingerprint density at radius 3 is 2.65 bits per heavy atom. The van der Waals surface area contributed by atoms with E-state index in [0.29, 0.717) is 0 Å². The first-order valence-corrected chi connectivity index (χ1v) is 6.60. The van der Waals surface area contributed by atoms with Gasteiger partial charge in [-0.3, -0.25) is 0 Å².